The predicted octanol–water partition coefficient (Wildman–Crippen LogP) is 4.58. The zero-order valence-corrected chi connectivity index (χ0v) is 31.8. The van der Waals surface area contributed by atoms with Crippen molar-refractivity contribution in [2.24, 2.45) is 11.7 Å². The number of aromatic nitrogens is 2. The van der Waals surface area contributed by atoms with E-state index in [0.29, 0.717) is 58.3 Å². The number of sulfonamides is 1. The van der Waals surface area contributed by atoms with Gasteiger partial charge in [0.05, 0.1) is 36.2 Å². The highest BCUT2D eigenvalue weighted by molar-refractivity contribution is 7.91. The lowest BCUT2D eigenvalue weighted by atomic mass is 10.1. The van der Waals surface area contributed by atoms with E-state index in [1.807, 2.05) is 24.3 Å². The molecule has 2 aliphatic heterocycles. The molecule has 8 rings (SSSR count). The zero-order chi connectivity index (χ0) is 37.1. The predicted molar refractivity (Wildman–Crippen MR) is 200 cm³/mol. The Kier molecular flexibility index (Phi) is 9.65. The quantitative estimate of drug-likeness (QED) is 0.274. The molecule has 53 heavy (non-hydrogen) atoms. The second kappa shape index (κ2) is 14.1. The SMILES string of the molecule is COc1ccc2c(O[C@@H]3C[C@H]4C(=O)N[C@]5(C(=O)NS(=O)(=O)C6CC6)C[C@H]5/C=C\CCCCC[C@H](N)C(=O)N4C3)cc(-c3nc(C4CC4)cs3)nc2c1Cl. The summed E-state index contributed by atoms with van der Waals surface area (Å²) in [5.74, 6) is -0.718. The first-order valence-corrected chi connectivity index (χ1v) is 21.2. The number of fused-ring (bicyclic) bond motifs is 3. The molecule has 5 aliphatic rings. The molecule has 1 saturated heterocycles. The lowest BCUT2D eigenvalue weighted by molar-refractivity contribution is -0.140. The molecule has 0 unspecified atom stereocenters. The minimum absolute atomic E-state index is 0.0648. The van der Waals surface area contributed by atoms with Crippen LogP contribution >= 0.6 is 22.9 Å². The van der Waals surface area contributed by atoms with Crippen LogP contribution in [0.4, 0.5) is 0 Å². The fourth-order valence-electron chi connectivity index (χ4n) is 7.47. The van der Waals surface area contributed by atoms with E-state index < -0.39 is 50.8 Å². The van der Waals surface area contributed by atoms with Crippen molar-refractivity contribution < 1.29 is 32.3 Å². The highest BCUT2D eigenvalue weighted by Gasteiger charge is 2.62. The number of allylic oxidation sites excluding steroid dienone is 1. The number of carbonyl (C=O) groups is 3. The first kappa shape index (κ1) is 36.2. The number of pyridine rings is 1. The van der Waals surface area contributed by atoms with Crippen LogP contribution in [0.5, 0.6) is 11.5 Å². The van der Waals surface area contributed by atoms with E-state index in [1.165, 1.54) is 23.3 Å². The number of benzene rings is 1. The average molecular weight is 783 g/mol. The van der Waals surface area contributed by atoms with E-state index in [2.05, 4.69) is 15.4 Å². The molecule has 4 N–H and O–H groups in total. The summed E-state index contributed by atoms with van der Waals surface area (Å²) in [4.78, 5) is 53.1. The molecule has 2 aromatic heterocycles. The third-order valence-corrected chi connectivity index (χ3v) is 14.0. The Morgan fingerprint density at radius 2 is 1.92 bits per heavy atom. The Balaban J connectivity index is 1.11. The molecule has 3 saturated carbocycles. The summed E-state index contributed by atoms with van der Waals surface area (Å²) >= 11 is 8.29. The molecule has 3 aromatic rings. The fraction of sp³-hybridized carbons (Fsp3) is 0.541. The summed E-state index contributed by atoms with van der Waals surface area (Å²) in [6.45, 7) is 0.0648. The van der Waals surface area contributed by atoms with Crippen LogP contribution in [0.2, 0.25) is 5.02 Å². The van der Waals surface area contributed by atoms with Crippen LogP contribution in [0.25, 0.3) is 21.6 Å². The standard InChI is InChI=1S/C37H43ClN6O7S2/c1-50-29-14-13-24-30(16-26(40-32(24)31(29)38)34-41-27(19-52-34)20-9-10-20)51-22-15-28-33(45)42-37(36(47)43-53(48,49)23-11-12-23)17-21(37)7-5-3-2-4-6-8-25(39)35(46)44(28)18-22/h5,7,13-14,16,19-23,25,28H,2-4,6,8-12,15,17-18,39H2,1H3,(H,42,45)(H,43,47)/b7-5-/t21-,22-,25+,28+,37-/m1/s1. The number of nitrogens with one attached hydrogen (secondary N) is 2. The van der Waals surface area contributed by atoms with Crippen molar-refractivity contribution in [2.75, 3.05) is 13.7 Å². The molecule has 3 amide bonds. The molecule has 0 spiro atoms. The maximum absolute atomic E-state index is 14.3. The number of amides is 3. The Morgan fingerprint density at radius 1 is 1.11 bits per heavy atom. The number of nitrogens with zero attached hydrogens (tertiary/aromatic N) is 3. The van der Waals surface area contributed by atoms with Gasteiger partial charge >= 0.3 is 0 Å². The highest BCUT2D eigenvalue weighted by atomic mass is 35.5. The number of carbonyl (C=O) groups excluding carboxylic acids is 3. The van der Waals surface area contributed by atoms with E-state index in [9.17, 15) is 22.8 Å². The van der Waals surface area contributed by atoms with Crippen molar-refractivity contribution in [3.8, 4) is 22.2 Å². The van der Waals surface area contributed by atoms with Crippen molar-refractivity contribution in [1.29, 1.82) is 0 Å². The summed E-state index contributed by atoms with van der Waals surface area (Å²) in [6, 6.07) is 3.51. The van der Waals surface area contributed by atoms with E-state index in [0.717, 1.165) is 49.2 Å². The van der Waals surface area contributed by atoms with Gasteiger partial charge in [-0.25, -0.2) is 18.4 Å². The number of ether oxygens (including phenoxy) is 2. The van der Waals surface area contributed by atoms with Crippen molar-refractivity contribution in [2.45, 2.75) is 106 Å². The summed E-state index contributed by atoms with van der Waals surface area (Å²) in [5.41, 5.74) is 7.08. The summed E-state index contributed by atoms with van der Waals surface area (Å²) in [5, 5.41) is 6.01. The number of rotatable bonds is 8. The summed E-state index contributed by atoms with van der Waals surface area (Å²) in [6.07, 6.45) is 10.5. The number of hydrogen-bond acceptors (Lipinski definition) is 11. The van der Waals surface area contributed by atoms with Crippen molar-refractivity contribution in [1.82, 2.24) is 24.9 Å². The van der Waals surface area contributed by atoms with Gasteiger partial charge < -0.3 is 25.4 Å². The van der Waals surface area contributed by atoms with Gasteiger partial charge in [-0.1, -0.05) is 36.6 Å². The smallest absolute Gasteiger partial charge is 0.259 e. The molecular weight excluding hydrogens is 740 g/mol. The minimum Gasteiger partial charge on any atom is -0.495 e. The van der Waals surface area contributed by atoms with Gasteiger partial charge in [-0.3, -0.25) is 19.1 Å². The van der Waals surface area contributed by atoms with Crippen molar-refractivity contribution >= 4 is 61.6 Å². The maximum atomic E-state index is 14.3. The van der Waals surface area contributed by atoms with Gasteiger partial charge in [0.25, 0.3) is 5.91 Å². The lowest BCUT2D eigenvalue weighted by Gasteiger charge is -2.28. The van der Waals surface area contributed by atoms with Gasteiger partial charge in [0.2, 0.25) is 21.8 Å². The lowest BCUT2D eigenvalue weighted by Crippen LogP contribution is -2.57. The third-order valence-electron chi connectivity index (χ3n) is 11.0. The van der Waals surface area contributed by atoms with E-state index in [4.69, 9.17) is 36.8 Å². The Labute approximate surface area is 317 Å². The van der Waals surface area contributed by atoms with Gasteiger partial charge in [0.15, 0.2) is 0 Å². The van der Waals surface area contributed by atoms with E-state index in [1.54, 1.807) is 6.07 Å². The van der Waals surface area contributed by atoms with E-state index in [-0.39, 0.29) is 31.2 Å². The molecule has 282 valence electrons. The van der Waals surface area contributed by atoms with Crippen LogP contribution in [-0.4, -0.2) is 83.6 Å². The number of halogens is 1. The number of thiazole rings is 1. The monoisotopic (exact) mass is 782 g/mol. The molecule has 0 radical (unpaired) electrons. The number of methoxy groups -OCH3 is 1. The number of nitrogens with two attached hydrogens (primary N) is 1. The number of hydrogen-bond donors (Lipinski definition) is 3. The van der Waals surface area contributed by atoms with Gasteiger partial charge in [-0.2, -0.15) is 0 Å². The highest BCUT2D eigenvalue weighted by Crippen LogP contribution is 2.47. The first-order valence-electron chi connectivity index (χ1n) is 18.4. The molecule has 1 aromatic carbocycles. The topological polar surface area (TPSA) is 183 Å². The largest absolute Gasteiger partial charge is 0.495 e. The van der Waals surface area contributed by atoms with Crippen LogP contribution in [0.3, 0.4) is 0 Å². The Bertz CT molecular complexity index is 2100. The molecule has 4 fully saturated rings. The third kappa shape index (κ3) is 7.24. The molecule has 3 aliphatic carbocycles. The zero-order valence-electron chi connectivity index (χ0n) is 29.4. The molecular formula is C37H43ClN6O7S2. The normalized spacial score (nSPS) is 28.6. The molecule has 0 bridgehead atoms. The van der Waals surface area contributed by atoms with Gasteiger partial charge in [0.1, 0.15) is 44.9 Å². The second-order valence-electron chi connectivity index (χ2n) is 14.9. The second-order valence-corrected chi connectivity index (χ2v) is 18.1. The van der Waals surface area contributed by atoms with Crippen LogP contribution in [0.1, 0.15) is 82.2 Å². The van der Waals surface area contributed by atoms with Crippen LogP contribution in [0.15, 0.2) is 35.7 Å². The van der Waals surface area contributed by atoms with Crippen LogP contribution in [-0.2, 0) is 24.4 Å². The molecule has 5 atom stereocenters. The summed E-state index contributed by atoms with van der Waals surface area (Å²) < 4.78 is 40.0. The Hall–Kier alpha value is -3.79. The maximum Gasteiger partial charge on any atom is 0.259 e. The average Bonchev–Trinajstić information content (AvgIpc) is 4.09. The molecule has 4 heterocycles. The fourth-order valence-corrected chi connectivity index (χ4v) is 9.97. The van der Waals surface area contributed by atoms with E-state index >= 15 is 0 Å². The van der Waals surface area contributed by atoms with Gasteiger partial charge in [-0.05, 0) is 63.5 Å². The Morgan fingerprint density at radius 3 is 2.68 bits per heavy atom. The minimum atomic E-state index is -3.86. The van der Waals surface area contributed by atoms with Gasteiger partial charge in [0, 0.05) is 35.1 Å². The first-order chi connectivity index (χ1) is 25.5. The van der Waals surface area contributed by atoms with Crippen LogP contribution in [0, 0.1) is 5.92 Å². The molecule has 16 heteroatoms. The van der Waals surface area contributed by atoms with Crippen LogP contribution < -0.4 is 25.2 Å². The van der Waals surface area contributed by atoms with Crippen molar-refractivity contribution in [3.05, 3.63) is 46.4 Å². The molecule has 13 nitrogen and oxygen atoms in total. The van der Waals surface area contributed by atoms with Crippen molar-refractivity contribution in [3.63, 3.8) is 0 Å². The summed E-state index contributed by atoms with van der Waals surface area (Å²) in [7, 11) is -2.33. The van der Waals surface area contributed by atoms with Gasteiger partial charge in [-0.15, -0.1) is 11.3 Å².